The fourth-order valence-electron chi connectivity index (χ4n) is 3.20. The lowest BCUT2D eigenvalue weighted by Gasteiger charge is -2.20. The Hall–Kier alpha value is -0.870. The molecule has 0 bridgehead atoms. The second kappa shape index (κ2) is 4.42. The zero-order valence-electron chi connectivity index (χ0n) is 9.64. The molecule has 0 radical (unpaired) electrons. The van der Waals surface area contributed by atoms with E-state index in [1.165, 1.54) is 25.6 Å². The highest BCUT2D eigenvalue weighted by molar-refractivity contribution is 6.30. The summed E-state index contributed by atoms with van der Waals surface area (Å²) in [4.78, 5) is 10.5. The zero-order valence-corrected chi connectivity index (χ0v) is 10.4. The minimum absolute atomic E-state index is 0.0964. The number of aromatic nitrogens is 2. The molecule has 2 aliphatic rings. The van der Waals surface area contributed by atoms with Crippen LogP contribution < -0.4 is 4.90 Å². The van der Waals surface area contributed by atoms with Gasteiger partial charge < -0.3 is 10.0 Å². The van der Waals surface area contributed by atoms with Gasteiger partial charge >= 0.3 is 0 Å². The third-order valence-corrected chi connectivity index (χ3v) is 4.38. The van der Waals surface area contributed by atoms with E-state index >= 15 is 0 Å². The van der Waals surface area contributed by atoms with Crippen molar-refractivity contribution in [1.29, 1.82) is 0 Å². The van der Waals surface area contributed by atoms with E-state index < -0.39 is 0 Å². The summed E-state index contributed by atoms with van der Waals surface area (Å²) in [6.45, 7) is 2.00. The summed E-state index contributed by atoms with van der Waals surface area (Å²) in [7, 11) is 0. The zero-order chi connectivity index (χ0) is 11.8. The van der Waals surface area contributed by atoms with Gasteiger partial charge in [0.05, 0.1) is 12.2 Å². The van der Waals surface area contributed by atoms with Crippen LogP contribution in [0.25, 0.3) is 0 Å². The third-order valence-electron chi connectivity index (χ3n) is 4.05. The lowest BCUT2D eigenvalue weighted by Crippen LogP contribution is -2.23. The van der Waals surface area contributed by atoms with Crippen molar-refractivity contribution in [3.05, 3.63) is 17.0 Å². The number of hydrogen-bond acceptors (Lipinski definition) is 4. The molecule has 1 aliphatic heterocycles. The smallest absolute Gasteiger partial charge is 0.140 e. The third kappa shape index (κ3) is 1.89. The van der Waals surface area contributed by atoms with Crippen LogP contribution in [0.5, 0.6) is 0 Å². The number of hydrogen-bond donors (Lipinski definition) is 1. The first-order valence-electron chi connectivity index (χ1n) is 6.14. The molecule has 1 aromatic rings. The van der Waals surface area contributed by atoms with E-state index in [0.717, 1.165) is 30.7 Å². The summed E-state index contributed by atoms with van der Waals surface area (Å²) >= 11 is 5.99. The quantitative estimate of drug-likeness (QED) is 0.818. The van der Waals surface area contributed by atoms with Gasteiger partial charge in [-0.05, 0) is 24.7 Å². The summed E-state index contributed by atoms with van der Waals surface area (Å²) in [5.74, 6) is 2.42. The Labute approximate surface area is 106 Å². The molecule has 5 heteroatoms. The van der Waals surface area contributed by atoms with Crippen LogP contribution in [-0.4, -0.2) is 28.2 Å². The Morgan fingerprint density at radius 3 is 2.65 bits per heavy atom. The largest absolute Gasteiger partial charge is 0.391 e. The number of aliphatic hydroxyl groups excluding tert-OH is 1. The van der Waals surface area contributed by atoms with Crippen molar-refractivity contribution in [3.63, 3.8) is 0 Å². The minimum atomic E-state index is -0.0964. The molecule has 0 amide bonds. The molecule has 4 nitrogen and oxygen atoms in total. The van der Waals surface area contributed by atoms with E-state index in [1.54, 1.807) is 0 Å². The Morgan fingerprint density at radius 2 is 2.00 bits per heavy atom. The van der Waals surface area contributed by atoms with Crippen LogP contribution in [0.2, 0.25) is 5.15 Å². The molecule has 2 unspecified atom stereocenters. The number of halogens is 1. The van der Waals surface area contributed by atoms with Gasteiger partial charge in [-0.25, -0.2) is 9.97 Å². The summed E-state index contributed by atoms with van der Waals surface area (Å²) in [6.07, 6.45) is 5.49. The maximum Gasteiger partial charge on any atom is 0.140 e. The highest BCUT2D eigenvalue weighted by Crippen LogP contribution is 2.40. The maximum absolute atomic E-state index is 9.37. The molecule has 1 aromatic heterocycles. The van der Waals surface area contributed by atoms with E-state index in [4.69, 9.17) is 11.6 Å². The first-order chi connectivity index (χ1) is 8.29. The fourth-order valence-corrected chi connectivity index (χ4v) is 3.39. The predicted octanol–water partition coefficient (Wildman–Crippen LogP) is 1.86. The average molecular weight is 254 g/mol. The van der Waals surface area contributed by atoms with E-state index in [1.807, 2.05) is 0 Å². The number of rotatable bonds is 2. The summed E-state index contributed by atoms with van der Waals surface area (Å²) in [5, 5.41) is 9.74. The normalized spacial score (nSPS) is 27.5. The van der Waals surface area contributed by atoms with E-state index in [0.29, 0.717) is 10.7 Å². The molecule has 17 heavy (non-hydrogen) atoms. The second-order valence-corrected chi connectivity index (χ2v) is 5.34. The van der Waals surface area contributed by atoms with Crippen molar-refractivity contribution in [2.75, 3.05) is 18.0 Å². The van der Waals surface area contributed by atoms with Crippen LogP contribution >= 0.6 is 11.6 Å². The van der Waals surface area contributed by atoms with Crippen molar-refractivity contribution in [2.24, 2.45) is 11.8 Å². The van der Waals surface area contributed by atoms with E-state index in [-0.39, 0.29) is 6.61 Å². The van der Waals surface area contributed by atoms with Gasteiger partial charge in [0.2, 0.25) is 0 Å². The van der Waals surface area contributed by atoms with Crippen LogP contribution in [0.4, 0.5) is 5.82 Å². The van der Waals surface area contributed by atoms with Crippen molar-refractivity contribution < 1.29 is 5.11 Å². The van der Waals surface area contributed by atoms with Gasteiger partial charge in [-0.15, -0.1) is 0 Å². The Balaban J connectivity index is 1.88. The Bertz CT molecular complexity index is 414. The van der Waals surface area contributed by atoms with E-state index in [9.17, 15) is 5.11 Å². The van der Waals surface area contributed by atoms with Crippen LogP contribution in [0, 0.1) is 11.8 Å². The second-order valence-electron chi connectivity index (χ2n) is 4.98. The van der Waals surface area contributed by atoms with Crippen molar-refractivity contribution in [3.8, 4) is 0 Å². The lowest BCUT2D eigenvalue weighted by atomic mass is 10.0. The van der Waals surface area contributed by atoms with Gasteiger partial charge in [0.25, 0.3) is 0 Å². The molecule has 2 heterocycles. The van der Waals surface area contributed by atoms with Gasteiger partial charge in [0, 0.05) is 13.1 Å². The minimum Gasteiger partial charge on any atom is -0.391 e. The lowest BCUT2D eigenvalue weighted by molar-refractivity contribution is 0.281. The molecule has 92 valence electrons. The molecule has 1 saturated carbocycles. The molecule has 1 aliphatic carbocycles. The molecule has 1 saturated heterocycles. The summed E-state index contributed by atoms with van der Waals surface area (Å²) < 4.78 is 0. The van der Waals surface area contributed by atoms with Crippen LogP contribution in [0.15, 0.2) is 6.33 Å². The number of fused-ring (bicyclic) bond motifs is 1. The molecule has 3 rings (SSSR count). The van der Waals surface area contributed by atoms with Gasteiger partial charge in [-0.3, -0.25) is 0 Å². The molecule has 0 spiro atoms. The Morgan fingerprint density at radius 1 is 1.29 bits per heavy atom. The molecule has 2 atom stereocenters. The average Bonchev–Trinajstić information content (AvgIpc) is 2.88. The SMILES string of the molecule is OCc1c(Cl)ncnc1N1CC2CCCC2C1. The molecule has 0 aromatic carbocycles. The molecular formula is C12H16ClN3O. The fraction of sp³-hybridized carbons (Fsp3) is 0.667. The van der Waals surface area contributed by atoms with Gasteiger partial charge in [-0.2, -0.15) is 0 Å². The van der Waals surface area contributed by atoms with Crippen molar-refractivity contribution in [2.45, 2.75) is 25.9 Å². The van der Waals surface area contributed by atoms with Crippen LogP contribution in [0.1, 0.15) is 24.8 Å². The first kappa shape index (κ1) is 11.2. The topological polar surface area (TPSA) is 49.3 Å². The van der Waals surface area contributed by atoms with Gasteiger partial charge in [0.15, 0.2) is 0 Å². The van der Waals surface area contributed by atoms with Crippen LogP contribution in [-0.2, 0) is 6.61 Å². The van der Waals surface area contributed by atoms with E-state index in [2.05, 4.69) is 14.9 Å². The number of aliphatic hydroxyl groups is 1. The van der Waals surface area contributed by atoms with Crippen molar-refractivity contribution >= 4 is 17.4 Å². The molecule has 2 fully saturated rings. The molecule has 1 N–H and O–H groups in total. The first-order valence-corrected chi connectivity index (χ1v) is 6.52. The number of anilines is 1. The number of nitrogens with zero attached hydrogens (tertiary/aromatic N) is 3. The highest BCUT2D eigenvalue weighted by Gasteiger charge is 2.37. The molecular weight excluding hydrogens is 238 g/mol. The van der Waals surface area contributed by atoms with Crippen LogP contribution in [0.3, 0.4) is 0 Å². The standard InChI is InChI=1S/C12H16ClN3O/c13-11-10(6-17)12(15-7-14-11)16-4-8-2-1-3-9(8)5-16/h7-9,17H,1-6H2. The Kier molecular flexibility index (Phi) is 2.92. The maximum atomic E-state index is 9.37. The summed E-state index contributed by atoms with van der Waals surface area (Å²) in [5.41, 5.74) is 0.661. The predicted molar refractivity (Wildman–Crippen MR) is 66.0 cm³/mol. The summed E-state index contributed by atoms with van der Waals surface area (Å²) in [6, 6.07) is 0. The van der Waals surface area contributed by atoms with Crippen molar-refractivity contribution in [1.82, 2.24) is 9.97 Å². The highest BCUT2D eigenvalue weighted by atomic mass is 35.5. The van der Waals surface area contributed by atoms with Gasteiger partial charge in [-0.1, -0.05) is 18.0 Å². The van der Waals surface area contributed by atoms with Gasteiger partial charge in [0.1, 0.15) is 17.3 Å². The monoisotopic (exact) mass is 253 g/mol.